The summed E-state index contributed by atoms with van der Waals surface area (Å²) in [5.74, 6) is -1.37. The van der Waals surface area contributed by atoms with Crippen LogP contribution in [-0.4, -0.2) is 41.1 Å². The van der Waals surface area contributed by atoms with Crippen LogP contribution in [0.15, 0.2) is 28.7 Å². The highest BCUT2D eigenvalue weighted by Crippen LogP contribution is 2.29. The van der Waals surface area contributed by atoms with Gasteiger partial charge in [0.15, 0.2) is 5.76 Å². The second-order valence-corrected chi connectivity index (χ2v) is 6.69. The van der Waals surface area contributed by atoms with E-state index in [2.05, 4.69) is 0 Å². The van der Waals surface area contributed by atoms with Gasteiger partial charge in [0.2, 0.25) is 0 Å². The van der Waals surface area contributed by atoms with Crippen molar-refractivity contribution in [1.82, 2.24) is 4.90 Å². The van der Waals surface area contributed by atoms with Gasteiger partial charge in [-0.15, -0.1) is 0 Å². The molecular weight excluding hydrogens is 322 g/mol. The third-order valence-electron chi connectivity index (χ3n) is 4.51. The summed E-state index contributed by atoms with van der Waals surface area (Å²) in [5.41, 5.74) is 1.37. The lowest BCUT2D eigenvalue weighted by atomic mass is 9.98. The van der Waals surface area contributed by atoms with Crippen LogP contribution in [0, 0.1) is 5.92 Å². The molecule has 0 bridgehead atoms. The van der Waals surface area contributed by atoms with E-state index in [1.807, 2.05) is 38.1 Å². The van der Waals surface area contributed by atoms with Crippen LogP contribution in [-0.2, 0) is 16.1 Å². The predicted molar refractivity (Wildman–Crippen MR) is 92.4 cm³/mol. The molecule has 0 saturated carbocycles. The molecule has 1 amide bonds. The van der Waals surface area contributed by atoms with Crippen molar-refractivity contribution in [3.8, 4) is 0 Å². The molecule has 1 aliphatic rings. The summed E-state index contributed by atoms with van der Waals surface area (Å²) in [5, 5.41) is 10.1. The molecule has 1 fully saturated rings. The zero-order valence-electron chi connectivity index (χ0n) is 14.5. The minimum Gasteiger partial charge on any atom is -0.481 e. The Morgan fingerprint density at radius 1 is 1.36 bits per heavy atom. The summed E-state index contributed by atoms with van der Waals surface area (Å²) in [6.45, 7) is 4.92. The quantitative estimate of drug-likeness (QED) is 0.899. The van der Waals surface area contributed by atoms with Crippen LogP contribution in [0.2, 0.25) is 0 Å². The van der Waals surface area contributed by atoms with Crippen LogP contribution in [0.3, 0.4) is 0 Å². The second-order valence-electron chi connectivity index (χ2n) is 6.69. The van der Waals surface area contributed by atoms with E-state index in [0.717, 1.165) is 10.9 Å². The number of likely N-dealkylation sites (tertiary alicyclic amines) is 1. The van der Waals surface area contributed by atoms with Crippen molar-refractivity contribution in [3.05, 3.63) is 35.6 Å². The lowest BCUT2D eigenvalue weighted by Crippen LogP contribution is -2.42. The number of hydrogen-bond acceptors (Lipinski definition) is 4. The van der Waals surface area contributed by atoms with E-state index in [0.29, 0.717) is 25.0 Å². The molecule has 1 aliphatic heterocycles. The number of furan rings is 1. The maximum Gasteiger partial charge on any atom is 0.308 e. The van der Waals surface area contributed by atoms with E-state index in [1.54, 1.807) is 4.90 Å². The van der Waals surface area contributed by atoms with Crippen LogP contribution in [0.1, 0.15) is 42.8 Å². The number of carboxylic acids is 1. The molecule has 6 nitrogen and oxygen atoms in total. The van der Waals surface area contributed by atoms with E-state index in [9.17, 15) is 14.7 Å². The number of para-hydroxylation sites is 1. The number of ether oxygens (including phenoxy) is 1. The Labute approximate surface area is 146 Å². The van der Waals surface area contributed by atoms with Crippen LogP contribution >= 0.6 is 0 Å². The number of fused-ring (bicyclic) bond motifs is 1. The van der Waals surface area contributed by atoms with E-state index < -0.39 is 11.9 Å². The van der Waals surface area contributed by atoms with Crippen molar-refractivity contribution in [1.29, 1.82) is 0 Å². The molecule has 1 aromatic carbocycles. The third kappa shape index (κ3) is 3.69. The zero-order valence-corrected chi connectivity index (χ0v) is 14.5. The normalized spacial score (nSPS) is 18.0. The van der Waals surface area contributed by atoms with Gasteiger partial charge in [-0.1, -0.05) is 18.2 Å². The Bertz CT molecular complexity index is 779. The minimum atomic E-state index is -0.856. The first kappa shape index (κ1) is 17.5. The lowest BCUT2D eigenvalue weighted by molar-refractivity contribution is -0.143. The summed E-state index contributed by atoms with van der Waals surface area (Å²) >= 11 is 0. The number of benzene rings is 1. The molecule has 3 rings (SSSR count). The van der Waals surface area contributed by atoms with Crippen LogP contribution < -0.4 is 0 Å². The van der Waals surface area contributed by atoms with Crippen molar-refractivity contribution >= 4 is 22.8 Å². The largest absolute Gasteiger partial charge is 0.481 e. The van der Waals surface area contributed by atoms with Crippen molar-refractivity contribution in [2.45, 2.75) is 39.4 Å². The van der Waals surface area contributed by atoms with Crippen molar-refractivity contribution in [2.24, 2.45) is 5.92 Å². The average molecular weight is 345 g/mol. The van der Waals surface area contributed by atoms with Gasteiger partial charge in [-0.3, -0.25) is 9.59 Å². The van der Waals surface area contributed by atoms with Gasteiger partial charge in [-0.2, -0.15) is 0 Å². The fourth-order valence-electron chi connectivity index (χ4n) is 3.17. The monoisotopic (exact) mass is 345 g/mol. The fourth-order valence-corrected chi connectivity index (χ4v) is 3.17. The van der Waals surface area contributed by atoms with Crippen LogP contribution in [0.25, 0.3) is 11.0 Å². The Balaban J connectivity index is 1.92. The number of amides is 1. The van der Waals surface area contributed by atoms with Crippen molar-refractivity contribution in [2.75, 3.05) is 13.1 Å². The summed E-state index contributed by atoms with van der Waals surface area (Å²) in [6.07, 6.45) is 1.31. The topological polar surface area (TPSA) is 80.0 Å². The molecule has 2 heterocycles. The highest BCUT2D eigenvalue weighted by molar-refractivity contribution is 5.99. The lowest BCUT2D eigenvalue weighted by Gasteiger charge is -2.30. The number of aliphatic carboxylic acids is 1. The first-order valence-electron chi connectivity index (χ1n) is 8.61. The number of nitrogens with zero attached hydrogens (tertiary/aromatic N) is 1. The second kappa shape index (κ2) is 7.27. The van der Waals surface area contributed by atoms with Gasteiger partial charge >= 0.3 is 5.97 Å². The third-order valence-corrected chi connectivity index (χ3v) is 4.51. The molecule has 1 aromatic heterocycles. The Morgan fingerprint density at radius 2 is 2.12 bits per heavy atom. The van der Waals surface area contributed by atoms with E-state index >= 15 is 0 Å². The molecule has 6 heteroatoms. The number of rotatable bonds is 5. The molecule has 0 radical (unpaired) electrons. The van der Waals surface area contributed by atoms with E-state index in [1.165, 1.54) is 0 Å². The van der Waals surface area contributed by atoms with Gasteiger partial charge in [0.05, 0.1) is 18.6 Å². The van der Waals surface area contributed by atoms with E-state index in [4.69, 9.17) is 9.15 Å². The molecule has 1 atom stereocenters. The standard InChI is InChI=1S/C19H23NO5/c1-12(2)24-11-15-14-7-3-4-8-16(14)25-17(15)18(21)20-9-5-6-13(10-20)19(22)23/h3-4,7-8,12-13H,5-6,9-11H2,1-2H3,(H,22,23)/t13-/m1/s1. The number of carbonyl (C=O) groups is 2. The molecule has 134 valence electrons. The zero-order chi connectivity index (χ0) is 18.0. The minimum absolute atomic E-state index is 0.0305. The number of carboxylic acid groups (broad SMARTS) is 1. The van der Waals surface area contributed by atoms with Crippen LogP contribution in [0.4, 0.5) is 0 Å². The Kier molecular flexibility index (Phi) is 5.08. The molecule has 1 N–H and O–H groups in total. The fraction of sp³-hybridized carbons (Fsp3) is 0.474. The maximum absolute atomic E-state index is 13.0. The van der Waals surface area contributed by atoms with Gasteiger partial charge in [0, 0.05) is 24.0 Å². The average Bonchev–Trinajstić information content (AvgIpc) is 2.98. The summed E-state index contributed by atoms with van der Waals surface area (Å²) < 4.78 is 11.5. The smallest absolute Gasteiger partial charge is 0.308 e. The molecule has 25 heavy (non-hydrogen) atoms. The Morgan fingerprint density at radius 3 is 2.84 bits per heavy atom. The summed E-state index contributed by atoms with van der Waals surface area (Å²) in [4.78, 5) is 25.8. The molecule has 0 aliphatic carbocycles. The molecule has 2 aromatic rings. The SMILES string of the molecule is CC(C)OCc1c(C(=O)N2CCC[C@@H](C(=O)O)C2)oc2ccccc12. The molecular formula is C19H23NO5. The predicted octanol–water partition coefficient (Wildman–Crippen LogP) is 3.29. The van der Waals surface area contributed by atoms with Crippen molar-refractivity contribution in [3.63, 3.8) is 0 Å². The van der Waals surface area contributed by atoms with Gasteiger partial charge in [0.25, 0.3) is 5.91 Å². The van der Waals surface area contributed by atoms with Gasteiger partial charge in [-0.05, 0) is 32.8 Å². The molecule has 0 spiro atoms. The van der Waals surface area contributed by atoms with Crippen LogP contribution in [0.5, 0.6) is 0 Å². The van der Waals surface area contributed by atoms with Gasteiger partial charge in [0.1, 0.15) is 5.58 Å². The maximum atomic E-state index is 13.0. The highest BCUT2D eigenvalue weighted by Gasteiger charge is 2.32. The van der Waals surface area contributed by atoms with Gasteiger partial charge in [-0.25, -0.2) is 0 Å². The molecule has 1 saturated heterocycles. The van der Waals surface area contributed by atoms with Crippen molar-refractivity contribution < 1.29 is 23.8 Å². The molecule has 0 unspecified atom stereocenters. The number of piperidine rings is 1. The van der Waals surface area contributed by atoms with Gasteiger partial charge < -0.3 is 19.2 Å². The first-order valence-corrected chi connectivity index (χ1v) is 8.61. The first-order chi connectivity index (χ1) is 12.0. The Hall–Kier alpha value is -2.34. The summed E-state index contributed by atoms with van der Waals surface area (Å²) in [7, 11) is 0. The highest BCUT2D eigenvalue weighted by atomic mass is 16.5. The number of carbonyl (C=O) groups excluding carboxylic acids is 1. The number of hydrogen-bond donors (Lipinski definition) is 1. The summed E-state index contributed by atoms with van der Waals surface area (Å²) in [6, 6.07) is 7.48. The van der Waals surface area contributed by atoms with E-state index in [-0.39, 0.29) is 30.9 Å².